The summed E-state index contributed by atoms with van der Waals surface area (Å²) in [6, 6.07) is -0.668. The minimum atomic E-state index is -1.22. The van der Waals surface area contributed by atoms with Gasteiger partial charge in [0.15, 0.2) is 0 Å². The highest BCUT2D eigenvalue weighted by atomic mass is 16.4. The normalized spacial score (nSPS) is 10.2. The van der Waals surface area contributed by atoms with Gasteiger partial charge in [0.2, 0.25) is 5.91 Å². The van der Waals surface area contributed by atoms with Crippen molar-refractivity contribution in [2.75, 3.05) is 13.1 Å². The number of aliphatic carboxylic acids is 1. The second-order valence-corrected chi connectivity index (χ2v) is 4.65. The molecular weight excluding hydrogens is 278 g/mol. The Kier molecular flexibility index (Phi) is 5.28. The lowest BCUT2D eigenvalue weighted by molar-refractivity contribution is -0.137. The molecule has 0 aliphatic heterocycles. The van der Waals surface area contributed by atoms with E-state index >= 15 is 0 Å². The highest BCUT2D eigenvalue weighted by molar-refractivity contribution is 5.85. The summed E-state index contributed by atoms with van der Waals surface area (Å²) < 4.78 is 1.69. The van der Waals surface area contributed by atoms with Crippen LogP contribution in [0.4, 0.5) is 4.79 Å². The number of aryl methyl sites for hydroxylation is 2. The molecule has 0 saturated heterocycles. The Morgan fingerprint density at radius 2 is 1.95 bits per heavy atom. The lowest BCUT2D eigenvalue weighted by Crippen LogP contribution is -2.46. The molecule has 0 aromatic carbocycles. The van der Waals surface area contributed by atoms with E-state index in [-0.39, 0.29) is 6.54 Å². The van der Waals surface area contributed by atoms with E-state index in [1.807, 2.05) is 13.8 Å². The first kappa shape index (κ1) is 16.5. The number of urea groups is 1. The maximum atomic E-state index is 11.9. The molecule has 1 rings (SSSR count). The van der Waals surface area contributed by atoms with E-state index < -0.39 is 31.0 Å². The Balaban J connectivity index is 2.73. The lowest BCUT2D eigenvalue weighted by Gasteiger charge is -2.19. The summed E-state index contributed by atoms with van der Waals surface area (Å²) in [7, 11) is 1.79. The van der Waals surface area contributed by atoms with Crippen molar-refractivity contribution in [3.8, 4) is 0 Å². The number of nitrogens with two attached hydrogens (primary N) is 1. The third-order valence-electron chi connectivity index (χ3n) is 3.04. The van der Waals surface area contributed by atoms with Gasteiger partial charge in [-0.1, -0.05) is 0 Å². The number of nitrogens with zero attached hydrogens (tertiary/aromatic N) is 3. The predicted molar refractivity (Wildman–Crippen MR) is 73.3 cm³/mol. The van der Waals surface area contributed by atoms with Crippen LogP contribution in [-0.4, -0.2) is 50.8 Å². The molecule has 0 spiro atoms. The van der Waals surface area contributed by atoms with E-state index in [0.29, 0.717) is 0 Å². The zero-order valence-electron chi connectivity index (χ0n) is 12.2. The first-order valence-electron chi connectivity index (χ1n) is 6.24. The minimum Gasteiger partial charge on any atom is -0.480 e. The quantitative estimate of drug-likeness (QED) is 0.627. The molecule has 1 heterocycles. The van der Waals surface area contributed by atoms with Crippen molar-refractivity contribution < 1.29 is 19.5 Å². The van der Waals surface area contributed by atoms with Crippen LogP contribution >= 0.6 is 0 Å². The van der Waals surface area contributed by atoms with Gasteiger partial charge in [-0.25, -0.2) is 4.79 Å². The first-order valence-corrected chi connectivity index (χ1v) is 6.24. The molecular formula is C12H19N5O4. The van der Waals surface area contributed by atoms with Crippen molar-refractivity contribution in [2.45, 2.75) is 20.4 Å². The Morgan fingerprint density at radius 3 is 2.38 bits per heavy atom. The smallest absolute Gasteiger partial charge is 0.323 e. The van der Waals surface area contributed by atoms with Crippen LogP contribution in [0.2, 0.25) is 0 Å². The number of carbonyl (C=O) groups is 3. The Hall–Kier alpha value is -2.58. The van der Waals surface area contributed by atoms with Gasteiger partial charge in [-0.3, -0.25) is 14.3 Å². The maximum absolute atomic E-state index is 11.9. The lowest BCUT2D eigenvalue weighted by atomic mass is 10.2. The third-order valence-corrected chi connectivity index (χ3v) is 3.04. The van der Waals surface area contributed by atoms with Gasteiger partial charge in [0, 0.05) is 24.8 Å². The zero-order chi connectivity index (χ0) is 16.2. The summed E-state index contributed by atoms with van der Waals surface area (Å²) in [6.45, 7) is 2.81. The maximum Gasteiger partial charge on any atom is 0.323 e. The number of rotatable bonds is 6. The number of nitrogens with one attached hydrogen (secondary N) is 1. The molecule has 1 aromatic heterocycles. The number of carbonyl (C=O) groups excluding carboxylic acids is 2. The second kappa shape index (κ2) is 6.73. The zero-order valence-corrected chi connectivity index (χ0v) is 12.2. The van der Waals surface area contributed by atoms with Gasteiger partial charge in [0.25, 0.3) is 0 Å². The van der Waals surface area contributed by atoms with Gasteiger partial charge in [-0.05, 0) is 13.8 Å². The van der Waals surface area contributed by atoms with E-state index in [1.54, 1.807) is 11.7 Å². The average molecular weight is 297 g/mol. The molecule has 0 radical (unpaired) electrons. The number of hydrogen-bond donors (Lipinski definition) is 3. The van der Waals surface area contributed by atoms with E-state index in [2.05, 4.69) is 10.4 Å². The summed E-state index contributed by atoms with van der Waals surface area (Å²) in [5.74, 6) is -2.00. The molecule has 9 heteroatoms. The topological polar surface area (TPSA) is 131 Å². The second-order valence-electron chi connectivity index (χ2n) is 4.65. The Labute approximate surface area is 121 Å². The first-order chi connectivity index (χ1) is 9.72. The van der Waals surface area contributed by atoms with E-state index in [4.69, 9.17) is 10.8 Å². The van der Waals surface area contributed by atoms with E-state index in [9.17, 15) is 14.4 Å². The fourth-order valence-electron chi connectivity index (χ4n) is 1.90. The fraction of sp³-hybridized carbons (Fsp3) is 0.500. The summed E-state index contributed by atoms with van der Waals surface area (Å²) in [6.07, 6.45) is 0. The van der Waals surface area contributed by atoms with Crippen LogP contribution in [0.3, 0.4) is 0 Å². The Bertz CT molecular complexity index is 550. The standard InChI is InChI=1S/C12H19N5O4/c1-7-9(8(2)16(3)15-7)4-14-12(21)17(5-10(13)18)6-11(19)20/h4-6H2,1-3H3,(H2,13,18)(H,14,21)(H,19,20). The highest BCUT2D eigenvalue weighted by Gasteiger charge is 2.19. The molecule has 0 saturated carbocycles. The molecule has 0 aliphatic carbocycles. The van der Waals surface area contributed by atoms with Crippen molar-refractivity contribution in [3.63, 3.8) is 0 Å². The summed E-state index contributed by atoms with van der Waals surface area (Å²) in [5, 5.41) is 15.5. The van der Waals surface area contributed by atoms with Crippen LogP contribution in [0, 0.1) is 13.8 Å². The molecule has 0 atom stereocenters. The number of hydrogen-bond acceptors (Lipinski definition) is 4. The van der Waals surface area contributed by atoms with E-state index in [1.165, 1.54) is 0 Å². The van der Waals surface area contributed by atoms with Crippen molar-refractivity contribution >= 4 is 17.9 Å². The molecule has 0 bridgehead atoms. The van der Waals surface area contributed by atoms with Crippen molar-refractivity contribution in [1.82, 2.24) is 20.0 Å². The summed E-state index contributed by atoms with van der Waals surface area (Å²) in [5.41, 5.74) is 7.52. The molecule has 21 heavy (non-hydrogen) atoms. The molecule has 9 nitrogen and oxygen atoms in total. The number of aromatic nitrogens is 2. The number of carboxylic acid groups (broad SMARTS) is 1. The highest BCUT2D eigenvalue weighted by Crippen LogP contribution is 2.11. The van der Waals surface area contributed by atoms with Gasteiger partial charge < -0.3 is 21.1 Å². The molecule has 116 valence electrons. The SMILES string of the molecule is Cc1nn(C)c(C)c1CNC(=O)N(CC(N)=O)CC(=O)O. The van der Waals surface area contributed by atoms with Crippen LogP contribution in [-0.2, 0) is 23.2 Å². The van der Waals surface area contributed by atoms with Crippen LogP contribution < -0.4 is 11.1 Å². The van der Waals surface area contributed by atoms with Crippen molar-refractivity contribution in [2.24, 2.45) is 12.8 Å². The number of primary amides is 1. The van der Waals surface area contributed by atoms with Crippen LogP contribution in [0.5, 0.6) is 0 Å². The summed E-state index contributed by atoms with van der Waals surface area (Å²) in [4.78, 5) is 34.3. The predicted octanol–water partition coefficient (Wildman–Crippen LogP) is -0.882. The molecule has 1 aromatic rings. The molecule has 0 unspecified atom stereocenters. The molecule has 4 N–H and O–H groups in total. The van der Waals surface area contributed by atoms with Gasteiger partial charge in [0.05, 0.1) is 5.69 Å². The van der Waals surface area contributed by atoms with Gasteiger partial charge >= 0.3 is 12.0 Å². The molecule has 3 amide bonds. The van der Waals surface area contributed by atoms with Gasteiger partial charge in [-0.2, -0.15) is 5.10 Å². The molecule has 0 aliphatic rings. The number of amides is 3. The average Bonchev–Trinajstić information content (AvgIpc) is 2.59. The molecule has 0 fully saturated rings. The monoisotopic (exact) mass is 297 g/mol. The fourth-order valence-corrected chi connectivity index (χ4v) is 1.90. The largest absolute Gasteiger partial charge is 0.480 e. The number of carboxylic acids is 1. The summed E-state index contributed by atoms with van der Waals surface area (Å²) >= 11 is 0. The Morgan fingerprint density at radius 1 is 1.33 bits per heavy atom. The van der Waals surface area contributed by atoms with E-state index in [0.717, 1.165) is 21.9 Å². The van der Waals surface area contributed by atoms with Gasteiger partial charge in [0.1, 0.15) is 13.1 Å². The van der Waals surface area contributed by atoms with Gasteiger partial charge in [-0.15, -0.1) is 0 Å². The van der Waals surface area contributed by atoms with Crippen molar-refractivity contribution in [3.05, 3.63) is 17.0 Å². The van der Waals surface area contributed by atoms with Crippen molar-refractivity contribution in [1.29, 1.82) is 0 Å². The minimum absolute atomic E-state index is 0.194. The van der Waals surface area contributed by atoms with Crippen LogP contribution in [0.25, 0.3) is 0 Å². The van der Waals surface area contributed by atoms with Crippen LogP contribution in [0.15, 0.2) is 0 Å². The third kappa shape index (κ3) is 4.48. The van der Waals surface area contributed by atoms with Crippen LogP contribution in [0.1, 0.15) is 17.0 Å².